The molecule has 204 valence electrons. The molecule has 0 radical (unpaired) electrons. The van der Waals surface area contributed by atoms with Gasteiger partial charge in [0.05, 0.1) is 41.7 Å². The number of fused-ring (bicyclic) bond motifs is 1. The Morgan fingerprint density at radius 3 is 2.48 bits per heavy atom. The Bertz CT molecular complexity index is 1810. The average Bonchev–Trinajstić information content (AvgIpc) is 3.27. The highest BCUT2D eigenvalue weighted by Crippen LogP contribution is 2.39. The number of carbonyl (C=O) groups excluding carboxylic acids is 1. The molecule has 0 fully saturated rings. The van der Waals surface area contributed by atoms with Crippen LogP contribution in [-0.2, 0) is 9.53 Å². The first kappa shape index (κ1) is 27.9. The molecule has 40 heavy (non-hydrogen) atoms. The number of nitrogens with zero attached hydrogens (tertiary/aromatic N) is 2. The fourth-order valence-corrected chi connectivity index (χ4v) is 6.22. The lowest BCUT2D eigenvalue weighted by Crippen LogP contribution is -2.40. The van der Waals surface area contributed by atoms with Crippen LogP contribution in [0.15, 0.2) is 86.6 Å². The molecular weight excluding hydrogens is 616 g/mol. The van der Waals surface area contributed by atoms with Gasteiger partial charge in [-0.15, -0.1) is 0 Å². The van der Waals surface area contributed by atoms with E-state index in [0.29, 0.717) is 37.1 Å². The van der Waals surface area contributed by atoms with Gasteiger partial charge >= 0.3 is 5.97 Å². The predicted molar refractivity (Wildman–Crippen MR) is 160 cm³/mol. The van der Waals surface area contributed by atoms with Gasteiger partial charge in [0, 0.05) is 15.6 Å². The molecule has 0 N–H and O–H groups in total. The number of esters is 1. The van der Waals surface area contributed by atoms with Crippen LogP contribution < -0.4 is 24.4 Å². The van der Waals surface area contributed by atoms with Gasteiger partial charge in [0.15, 0.2) is 4.80 Å². The van der Waals surface area contributed by atoms with E-state index in [2.05, 4.69) is 15.9 Å². The van der Waals surface area contributed by atoms with E-state index < -0.39 is 12.0 Å². The van der Waals surface area contributed by atoms with Crippen LogP contribution >= 0.6 is 38.9 Å². The lowest BCUT2D eigenvalue weighted by Gasteiger charge is -2.27. The van der Waals surface area contributed by atoms with Crippen LogP contribution in [0.5, 0.6) is 11.5 Å². The number of thiazole rings is 1. The van der Waals surface area contributed by atoms with E-state index in [-0.39, 0.29) is 17.7 Å². The molecule has 7 nitrogen and oxygen atoms in total. The number of hydrogen-bond donors (Lipinski definition) is 0. The predicted octanol–water partition coefficient (Wildman–Crippen LogP) is 5.37. The summed E-state index contributed by atoms with van der Waals surface area (Å²) in [6.45, 7) is 1.90. The number of benzene rings is 3. The van der Waals surface area contributed by atoms with Crippen molar-refractivity contribution in [3.63, 3.8) is 0 Å². The third-order valence-electron chi connectivity index (χ3n) is 6.33. The van der Waals surface area contributed by atoms with E-state index in [1.165, 1.54) is 15.9 Å². The molecule has 0 amide bonds. The fraction of sp³-hybridized carbons (Fsp3) is 0.167. The zero-order valence-corrected chi connectivity index (χ0v) is 25.0. The zero-order chi connectivity index (χ0) is 28.4. The number of halogens is 2. The van der Waals surface area contributed by atoms with Crippen molar-refractivity contribution in [2.45, 2.75) is 13.0 Å². The maximum absolute atomic E-state index is 14.1. The van der Waals surface area contributed by atoms with Gasteiger partial charge in [-0.25, -0.2) is 9.79 Å². The molecule has 0 bridgehead atoms. The second kappa shape index (κ2) is 11.8. The summed E-state index contributed by atoms with van der Waals surface area (Å²) in [6, 6.07) is 19.3. The molecule has 1 atom stereocenters. The third-order valence-corrected chi connectivity index (χ3v) is 8.11. The van der Waals surface area contributed by atoms with Crippen molar-refractivity contribution >= 4 is 56.6 Å². The van der Waals surface area contributed by atoms with Gasteiger partial charge in [-0.2, -0.15) is 0 Å². The highest BCUT2D eigenvalue weighted by atomic mass is 79.9. The average molecular weight is 640 g/mol. The summed E-state index contributed by atoms with van der Waals surface area (Å²) < 4.78 is 19.2. The largest absolute Gasteiger partial charge is 0.496 e. The standard InChI is InChI=1S/C30H24BrClN2O5S/c1-4-39-29(36)25-26(18-8-6-5-7-9-18)33-30-34(27(25)20-16-19(31)11-13-22(20)37-2)28(35)24(40-30)15-17-10-12-23(38-3)21(32)14-17/h5-16,27H,4H2,1-3H3/b24-15-/t27-/m0/s1. The summed E-state index contributed by atoms with van der Waals surface area (Å²) in [5.41, 5.74) is 2.44. The van der Waals surface area contributed by atoms with Gasteiger partial charge in [-0.1, -0.05) is 75.3 Å². The lowest BCUT2D eigenvalue weighted by atomic mass is 9.92. The summed E-state index contributed by atoms with van der Waals surface area (Å²) in [4.78, 5) is 33.0. The molecule has 0 aliphatic carbocycles. The molecule has 0 unspecified atom stereocenters. The molecule has 1 aliphatic rings. The van der Waals surface area contributed by atoms with E-state index in [1.807, 2.05) is 48.5 Å². The van der Waals surface area contributed by atoms with Crippen LogP contribution in [-0.4, -0.2) is 31.4 Å². The molecule has 0 saturated carbocycles. The molecule has 4 aromatic rings. The molecule has 5 rings (SSSR count). The maximum atomic E-state index is 14.1. The van der Waals surface area contributed by atoms with Gasteiger partial charge < -0.3 is 14.2 Å². The molecule has 10 heteroatoms. The molecule has 0 spiro atoms. The summed E-state index contributed by atoms with van der Waals surface area (Å²) in [7, 11) is 3.09. The van der Waals surface area contributed by atoms with E-state index >= 15 is 0 Å². The third kappa shape index (κ3) is 5.24. The number of hydrogen-bond acceptors (Lipinski definition) is 7. The number of ether oxygens (including phenoxy) is 3. The molecule has 0 saturated heterocycles. The molecule has 1 aliphatic heterocycles. The first-order valence-electron chi connectivity index (χ1n) is 12.3. The van der Waals surface area contributed by atoms with E-state index in [0.717, 1.165) is 15.6 Å². The summed E-state index contributed by atoms with van der Waals surface area (Å²) in [5, 5.41) is 0.428. The molecular formula is C30H24BrClN2O5S. The normalized spacial score (nSPS) is 14.9. The van der Waals surface area contributed by atoms with Crippen LogP contribution in [0.2, 0.25) is 5.02 Å². The Morgan fingerprint density at radius 1 is 1.07 bits per heavy atom. The Kier molecular flexibility index (Phi) is 8.25. The summed E-state index contributed by atoms with van der Waals surface area (Å²) >= 11 is 11.1. The number of rotatable bonds is 7. The van der Waals surface area contributed by atoms with E-state index in [4.69, 9.17) is 30.8 Å². The van der Waals surface area contributed by atoms with Crippen LogP contribution in [0.1, 0.15) is 29.7 Å². The van der Waals surface area contributed by atoms with Crippen molar-refractivity contribution in [2.24, 2.45) is 4.99 Å². The van der Waals surface area contributed by atoms with Crippen molar-refractivity contribution in [1.29, 1.82) is 0 Å². The van der Waals surface area contributed by atoms with Crippen molar-refractivity contribution in [3.05, 3.63) is 118 Å². The monoisotopic (exact) mass is 638 g/mol. The van der Waals surface area contributed by atoms with Crippen LogP contribution in [0.3, 0.4) is 0 Å². The Morgan fingerprint density at radius 2 is 1.80 bits per heavy atom. The highest BCUT2D eigenvalue weighted by molar-refractivity contribution is 9.10. The Hall–Kier alpha value is -3.66. The number of carbonyl (C=O) groups is 1. The second-order valence-electron chi connectivity index (χ2n) is 8.71. The quantitative estimate of drug-likeness (QED) is 0.254. The fourth-order valence-electron chi connectivity index (χ4n) is 4.58. The van der Waals surface area contributed by atoms with Crippen molar-refractivity contribution in [1.82, 2.24) is 4.57 Å². The van der Waals surface area contributed by atoms with Crippen molar-refractivity contribution in [3.8, 4) is 11.5 Å². The minimum absolute atomic E-state index is 0.162. The summed E-state index contributed by atoms with van der Waals surface area (Å²) in [6.07, 6.45) is 1.75. The molecule has 2 heterocycles. The molecule has 1 aromatic heterocycles. The van der Waals surface area contributed by atoms with Gasteiger partial charge in [-0.05, 0) is 48.9 Å². The zero-order valence-electron chi connectivity index (χ0n) is 21.8. The van der Waals surface area contributed by atoms with Gasteiger partial charge in [0.25, 0.3) is 5.56 Å². The first-order valence-corrected chi connectivity index (χ1v) is 14.3. The van der Waals surface area contributed by atoms with Crippen molar-refractivity contribution in [2.75, 3.05) is 20.8 Å². The van der Waals surface area contributed by atoms with E-state index in [9.17, 15) is 9.59 Å². The SMILES string of the molecule is CCOC(=O)C1=C(c2ccccc2)N=c2s/c(=C\c3ccc(OC)c(Cl)c3)c(=O)n2[C@H]1c1cc(Br)ccc1OC. The minimum Gasteiger partial charge on any atom is -0.496 e. The Labute approximate surface area is 247 Å². The number of methoxy groups -OCH3 is 2. The van der Waals surface area contributed by atoms with Gasteiger partial charge in [0.1, 0.15) is 17.5 Å². The Balaban J connectivity index is 1.85. The summed E-state index contributed by atoms with van der Waals surface area (Å²) in [5.74, 6) is 0.489. The van der Waals surface area contributed by atoms with E-state index in [1.54, 1.807) is 45.4 Å². The number of aromatic nitrogens is 1. The highest BCUT2D eigenvalue weighted by Gasteiger charge is 2.36. The van der Waals surface area contributed by atoms with Gasteiger partial charge in [-0.3, -0.25) is 9.36 Å². The smallest absolute Gasteiger partial charge is 0.338 e. The minimum atomic E-state index is -0.862. The van der Waals surface area contributed by atoms with Crippen LogP contribution in [0.4, 0.5) is 0 Å². The second-order valence-corrected chi connectivity index (χ2v) is 11.0. The topological polar surface area (TPSA) is 79.1 Å². The van der Waals surface area contributed by atoms with Crippen LogP contribution in [0, 0.1) is 0 Å². The maximum Gasteiger partial charge on any atom is 0.338 e. The van der Waals surface area contributed by atoms with Crippen molar-refractivity contribution < 1.29 is 19.0 Å². The first-order chi connectivity index (χ1) is 19.4. The lowest BCUT2D eigenvalue weighted by molar-refractivity contribution is -0.138. The molecule has 3 aromatic carbocycles. The van der Waals surface area contributed by atoms with Gasteiger partial charge in [0.2, 0.25) is 0 Å². The van der Waals surface area contributed by atoms with Crippen LogP contribution in [0.25, 0.3) is 11.8 Å².